The molecule has 0 bridgehead atoms. The van der Waals surface area contributed by atoms with Gasteiger partial charge in [-0.2, -0.15) is 5.10 Å². The van der Waals surface area contributed by atoms with Crippen LogP contribution in [0.5, 0.6) is 5.75 Å². The Morgan fingerprint density at radius 1 is 1.06 bits per heavy atom. The molecule has 1 atom stereocenters. The van der Waals surface area contributed by atoms with Crippen LogP contribution in [0.25, 0.3) is 10.9 Å². The van der Waals surface area contributed by atoms with Crippen LogP contribution < -0.4 is 10.2 Å². The summed E-state index contributed by atoms with van der Waals surface area (Å²) < 4.78 is 7.74. The summed E-state index contributed by atoms with van der Waals surface area (Å²) >= 11 is 0. The number of nitrogens with zero attached hydrogens (tertiary/aromatic N) is 3. The normalized spacial score (nSPS) is 20.5. The Morgan fingerprint density at radius 2 is 1.89 bits per heavy atom. The number of ether oxygens (including phenoxy) is 1. The number of benzene rings is 2. The molecule has 2 aromatic carbocycles. The fourth-order valence-electron chi connectivity index (χ4n) is 6.66. The lowest BCUT2D eigenvalue weighted by molar-refractivity contribution is -0.123. The molecule has 1 saturated carbocycles. The van der Waals surface area contributed by atoms with Gasteiger partial charge in [0.2, 0.25) is 0 Å². The first-order valence-corrected chi connectivity index (χ1v) is 13.6. The van der Waals surface area contributed by atoms with Crippen molar-refractivity contribution in [2.45, 2.75) is 69.9 Å². The highest BCUT2D eigenvalue weighted by Crippen LogP contribution is 2.44. The highest BCUT2D eigenvalue weighted by atomic mass is 16.5. The molecule has 3 aliphatic rings. The van der Waals surface area contributed by atoms with Crippen molar-refractivity contribution >= 4 is 23.0 Å². The number of carbonyl (C=O) groups is 1. The number of amides is 1. The number of methoxy groups -OCH3 is 1. The molecule has 3 aromatic rings. The van der Waals surface area contributed by atoms with Gasteiger partial charge in [-0.1, -0.05) is 25.3 Å². The third-order valence-electron chi connectivity index (χ3n) is 8.45. The number of rotatable bonds is 6. The van der Waals surface area contributed by atoms with Gasteiger partial charge in [0, 0.05) is 29.7 Å². The largest absolute Gasteiger partial charge is 0.497 e. The summed E-state index contributed by atoms with van der Waals surface area (Å²) in [6, 6.07) is 15.2. The first-order chi connectivity index (χ1) is 17.7. The maximum atomic E-state index is 12.8. The lowest BCUT2D eigenvalue weighted by Crippen LogP contribution is -2.44. The fraction of sp³-hybridized carbons (Fsp3) is 0.467. The molecule has 2 aliphatic carbocycles. The molecule has 0 radical (unpaired) electrons. The van der Waals surface area contributed by atoms with E-state index in [4.69, 9.17) is 4.74 Å². The first kappa shape index (κ1) is 23.3. The van der Waals surface area contributed by atoms with Crippen LogP contribution in [0.4, 0.5) is 0 Å². The molecule has 0 spiro atoms. The third-order valence-corrected chi connectivity index (χ3v) is 8.45. The summed E-state index contributed by atoms with van der Waals surface area (Å²) in [5.74, 6) is 1.47. The van der Waals surface area contributed by atoms with E-state index in [2.05, 4.69) is 38.2 Å². The smallest absolute Gasteiger partial charge is 0.254 e. The summed E-state index contributed by atoms with van der Waals surface area (Å²) in [5, 5.41) is 5.65. The van der Waals surface area contributed by atoms with E-state index in [1.54, 1.807) is 13.3 Å². The zero-order valence-corrected chi connectivity index (χ0v) is 21.2. The van der Waals surface area contributed by atoms with Gasteiger partial charge in [-0.3, -0.25) is 9.69 Å². The van der Waals surface area contributed by atoms with Gasteiger partial charge in [-0.25, -0.2) is 5.43 Å². The number of hydrogen-bond donors (Lipinski definition) is 1. The quantitative estimate of drug-likeness (QED) is 0.369. The van der Waals surface area contributed by atoms with E-state index in [9.17, 15) is 4.79 Å². The predicted molar refractivity (Wildman–Crippen MR) is 144 cm³/mol. The Morgan fingerprint density at radius 3 is 2.69 bits per heavy atom. The van der Waals surface area contributed by atoms with Crippen molar-refractivity contribution in [3.63, 3.8) is 0 Å². The summed E-state index contributed by atoms with van der Waals surface area (Å²) in [4.78, 5) is 15.1. The van der Waals surface area contributed by atoms with Crippen molar-refractivity contribution in [2.24, 2.45) is 5.10 Å². The standard InChI is InChI=1S/C30H36N4O2/c1-36-24-13-10-21(11-14-24)19-31-32-29(35)20-33-16-17-34-27-15-12-23(22-6-3-2-4-7-22)18-26(27)25-8-5-9-28(33)30(25)34/h10-15,18-19,22,28H,2-9,16-17,20H2,1H3,(H,32,35)/b31-19-/t28-/m0/s1. The van der Waals surface area contributed by atoms with Crippen molar-refractivity contribution in [2.75, 3.05) is 20.2 Å². The molecule has 1 N–H and O–H groups in total. The average molecular weight is 485 g/mol. The number of aryl methyl sites for hydroxylation is 1. The number of hydrogen-bond acceptors (Lipinski definition) is 4. The summed E-state index contributed by atoms with van der Waals surface area (Å²) in [6.45, 7) is 2.20. The van der Waals surface area contributed by atoms with E-state index in [1.165, 1.54) is 66.2 Å². The van der Waals surface area contributed by atoms with E-state index in [1.807, 2.05) is 24.3 Å². The molecule has 6 rings (SSSR count). The zero-order chi connectivity index (χ0) is 24.5. The molecule has 0 unspecified atom stereocenters. The van der Waals surface area contributed by atoms with E-state index in [0.29, 0.717) is 12.6 Å². The Balaban J connectivity index is 1.18. The van der Waals surface area contributed by atoms with Crippen LogP contribution in [0.1, 0.15) is 79.3 Å². The number of aromatic nitrogens is 1. The predicted octanol–water partition coefficient (Wildman–Crippen LogP) is 5.54. The van der Waals surface area contributed by atoms with Crippen LogP contribution >= 0.6 is 0 Å². The highest BCUT2D eigenvalue weighted by molar-refractivity contribution is 5.87. The van der Waals surface area contributed by atoms with Gasteiger partial charge in [0.05, 0.1) is 25.9 Å². The molecule has 1 aromatic heterocycles. The van der Waals surface area contributed by atoms with Crippen LogP contribution in [0, 0.1) is 0 Å². The molecule has 1 aliphatic heterocycles. The number of fused-ring (bicyclic) bond motifs is 3. The fourth-order valence-corrected chi connectivity index (χ4v) is 6.66. The van der Waals surface area contributed by atoms with Crippen molar-refractivity contribution in [1.29, 1.82) is 0 Å². The van der Waals surface area contributed by atoms with Crippen molar-refractivity contribution in [3.8, 4) is 5.75 Å². The maximum absolute atomic E-state index is 12.8. The molecule has 2 heterocycles. The monoisotopic (exact) mass is 484 g/mol. The molecular formula is C30H36N4O2. The Hall–Kier alpha value is -3.12. The number of carbonyl (C=O) groups excluding carboxylic acids is 1. The average Bonchev–Trinajstić information content (AvgIpc) is 3.25. The highest BCUT2D eigenvalue weighted by Gasteiger charge is 2.35. The maximum Gasteiger partial charge on any atom is 0.254 e. The Kier molecular flexibility index (Phi) is 6.53. The third kappa shape index (κ3) is 4.43. The van der Waals surface area contributed by atoms with Gasteiger partial charge >= 0.3 is 0 Å². The van der Waals surface area contributed by atoms with Crippen LogP contribution in [0.3, 0.4) is 0 Å². The van der Waals surface area contributed by atoms with Gasteiger partial charge in [-0.05, 0) is 91.1 Å². The van der Waals surface area contributed by atoms with Crippen LogP contribution in [-0.4, -0.2) is 41.8 Å². The van der Waals surface area contributed by atoms with Gasteiger partial charge in [0.25, 0.3) is 5.91 Å². The van der Waals surface area contributed by atoms with E-state index < -0.39 is 0 Å². The number of hydrazone groups is 1. The minimum Gasteiger partial charge on any atom is -0.497 e. The second-order valence-corrected chi connectivity index (χ2v) is 10.6. The minimum absolute atomic E-state index is 0.0592. The van der Waals surface area contributed by atoms with Gasteiger partial charge in [0.15, 0.2) is 0 Å². The van der Waals surface area contributed by atoms with Crippen LogP contribution in [-0.2, 0) is 17.8 Å². The summed E-state index contributed by atoms with van der Waals surface area (Å²) in [6.07, 6.45) is 11.9. The molecule has 188 valence electrons. The van der Waals surface area contributed by atoms with Crippen molar-refractivity contribution in [3.05, 3.63) is 64.8 Å². The SMILES string of the molecule is COc1ccc(/C=N\NC(=O)CN2CCn3c4c(c5cc(C6CCCCC6)ccc53)CCC[C@@H]42)cc1. The van der Waals surface area contributed by atoms with Crippen molar-refractivity contribution in [1.82, 2.24) is 14.9 Å². The molecule has 6 nitrogen and oxygen atoms in total. The molecular weight excluding hydrogens is 448 g/mol. The summed E-state index contributed by atoms with van der Waals surface area (Å²) in [5.41, 5.74) is 9.56. The van der Waals surface area contributed by atoms with E-state index >= 15 is 0 Å². The molecule has 0 saturated heterocycles. The van der Waals surface area contributed by atoms with Gasteiger partial charge in [-0.15, -0.1) is 0 Å². The lowest BCUT2D eigenvalue weighted by atomic mass is 9.83. The Labute approximate surface area is 213 Å². The molecule has 36 heavy (non-hydrogen) atoms. The van der Waals surface area contributed by atoms with Gasteiger partial charge < -0.3 is 9.30 Å². The summed E-state index contributed by atoms with van der Waals surface area (Å²) in [7, 11) is 1.65. The number of nitrogens with one attached hydrogen (secondary N) is 1. The van der Waals surface area contributed by atoms with Crippen molar-refractivity contribution < 1.29 is 9.53 Å². The molecule has 6 heteroatoms. The second kappa shape index (κ2) is 10.1. The zero-order valence-electron chi connectivity index (χ0n) is 21.2. The van der Waals surface area contributed by atoms with E-state index in [-0.39, 0.29) is 5.91 Å². The second-order valence-electron chi connectivity index (χ2n) is 10.6. The minimum atomic E-state index is -0.0592. The molecule has 1 fully saturated rings. The molecule has 1 amide bonds. The van der Waals surface area contributed by atoms with Gasteiger partial charge in [0.1, 0.15) is 5.75 Å². The van der Waals surface area contributed by atoms with Crippen LogP contribution in [0.2, 0.25) is 0 Å². The Bertz CT molecular complexity index is 1270. The lowest BCUT2D eigenvalue weighted by Gasteiger charge is -2.39. The first-order valence-electron chi connectivity index (χ1n) is 13.6. The van der Waals surface area contributed by atoms with E-state index in [0.717, 1.165) is 43.2 Å². The van der Waals surface area contributed by atoms with Crippen LogP contribution in [0.15, 0.2) is 47.6 Å². The topological polar surface area (TPSA) is 58.9 Å².